The standard InChI is InChI=1S/C32H40N2O2/c1-3-4-5-9-25(2)30(10-8-23-35)32(26-11-14-29(36)15-12-26)28-13-16-31-27(24-28)17-20-34(31)22-21-33-18-6-7-19-33/h3-5,9,11-16,24,35-36H,1,6-8,10,17-23H2,2H3/b5-4-,25-9+,32-30-. The SMILES string of the molecule is C=C\C=C/C=C(C)/C(CCCO)=C(/c1ccc(O)cc1)c1ccc2c(c1)CCN2CCN1CCCC1. The van der Waals surface area contributed by atoms with Crippen LogP contribution in [-0.2, 0) is 6.42 Å². The van der Waals surface area contributed by atoms with Gasteiger partial charge in [-0.3, -0.25) is 0 Å². The van der Waals surface area contributed by atoms with Crippen molar-refractivity contribution >= 4 is 11.3 Å². The van der Waals surface area contributed by atoms with Crippen molar-refractivity contribution in [2.75, 3.05) is 44.2 Å². The number of fused-ring (bicyclic) bond motifs is 1. The molecular formula is C32H40N2O2. The number of hydrogen-bond donors (Lipinski definition) is 2. The average Bonchev–Trinajstić information content (AvgIpc) is 3.55. The Kier molecular flexibility index (Phi) is 9.21. The summed E-state index contributed by atoms with van der Waals surface area (Å²) in [5.41, 5.74) is 8.58. The van der Waals surface area contributed by atoms with Gasteiger partial charge in [-0.05, 0) is 110 Å². The predicted molar refractivity (Wildman–Crippen MR) is 152 cm³/mol. The van der Waals surface area contributed by atoms with E-state index >= 15 is 0 Å². The lowest BCUT2D eigenvalue weighted by atomic mass is 9.86. The Morgan fingerprint density at radius 3 is 2.44 bits per heavy atom. The first-order chi connectivity index (χ1) is 17.6. The molecule has 0 unspecified atom stereocenters. The van der Waals surface area contributed by atoms with Crippen LogP contribution in [0.3, 0.4) is 0 Å². The van der Waals surface area contributed by atoms with E-state index in [1.165, 1.54) is 53.9 Å². The first-order valence-corrected chi connectivity index (χ1v) is 13.3. The van der Waals surface area contributed by atoms with Crippen LogP contribution in [0.2, 0.25) is 0 Å². The fourth-order valence-corrected chi connectivity index (χ4v) is 5.42. The van der Waals surface area contributed by atoms with Crippen LogP contribution in [0.15, 0.2) is 84.5 Å². The summed E-state index contributed by atoms with van der Waals surface area (Å²) in [7, 11) is 0. The molecular weight excluding hydrogens is 444 g/mol. The van der Waals surface area contributed by atoms with Crippen molar-refractivity contribution in [1.82, 2.24) is 4.90 Å². The van der Waals surface area contributed by atoms with Gasteiger partial charge in [-0.15, -0.1) is 0 Å². The molecule has 190 valence electrons. The highest BCUT2D eigenvalue weighted by molar-refractivity contribution is 5.86. The quantitative estimate of drug-likeness (QED) is 0.378. The van der Waals surface area contributed by atoms with Gasteiger partial charge in [-0.1, -0.05) is 49.1 Å². The summed E-state index contributed by atoms with van der Waals surface area (Å²) in [6.07, 6.45) is 13.0. The van der Waals surface area contributed by atoms with E-state index in [4.69, 9.17) is 0 Å². The lowest BCUT2D eigenvalue weighted by Gasteiger charge is -2.24. The number of rotatable bonds is 11. The highest BCUT2D eigenvalue weighted by Gasteiger charge is 2.22. The van der Waals surface area contributed by atoms with Crippen LogP contribution in [0.5, 0.6) is 5.75 Å². The molecule has 0 aromatic heterocycles. The summed E-state index contributed by atoms with van der Waals surface area (Å²) in [6, 6.07) is 14.4. The number of aromatic hydroxyl groups is 1. The number of anilines is 1. The van der Waals surface area contributed by atoms with E-state index in [0.717, 1.165) is 43.6 Å². The fraction of sp³-hybridized carbons (Fsp3) is 0.375. The van der Waals surface area contributed by atoms with Gasteiger partial charge in [-0.25, -0.2) is 0 Å². The van der Waals surface area contributed by atoms with Gasteiger partial charge in [0.2, 0.25) is 0 Å². The number of benzene rings is 2. The molecule has 0 atom stereocenters. The van der Waals surface area contributed by atoms with Gasteiger partial charge in [0.25, 0.3) is 0 Å². The second-order valence-corrected chi connectivity index (χ2v) is 9.83. The van der Waals surface area contributed by atoms with E-state index in [-0.39, 0.29) is 12.4 Å². The first-order valence-electron chi connectivity index (χ1n) is 13.3. The summed E-state index contributed by atoms with van der Waals surface area (Å²) < 4.78 is 0. The fourth-order valence-electron chi connectivity index (χ4n) is 5.42. The number of allylic oxidation sites excluding steroid dienone is 6. The number of aliphatic hydroxyl groups is 1. The van der Waals surface area contributed by atoms with Gasteiger partial charge in [0.15, 0.2) is 0 Å². The number of nitrogens with zero attached hydrogens (tertiary/aromatic N) is 2. The molecule has 2 heterocycles. The average molecular weight is 485 g/mol. The van der Waals surface area contributed by atoms with Crippen molar-refractivity contribution in [3.8, 4) is 5.75 Å². The second-order valence-electron chi connectivity index (χ2n) is 9.83. The molecule has 0 saturated carbocycles. The Hall–Kier alpha value is -3.08. The van der Waals surface area contributed by atoms with Crippen molar-refractivity contribution in [2.24, 2.45) is 0 Å². The summed E-state index contributed by atoms with van der Waals surface area (Å²) in [5, 5.41) is 19.6. The zero-order valence-corrected chi connectivity index (χ0v) is 21.6. The molecule has 2 aliphatic heterocycles. The predicted octanol–water partition coefficient (Wildman–Crippen LogP) is 6.11. The summed E-state index contributed by atoms with van der Waals surface area (Å²) in [4.78, 5) is 5.13. The molecule has 2 aromatic carbocycles. The molecule has 0 spiro atoms. The third kappa shape index (κ3) is 6.37. The maximum Gasteiger partial charge on any atom is 0.115 e. The number of aliphatic hydroxyl groups excluding tert-OH is 1. The highest BCUT2D eigenvalue weighted by Crippen LogP contribution is 2.37. The normalized spacial score (nSPS) is 17.1. The molecule has 0 aliphatic carbocycles. The molecule has 0 amide bonds. The van der Waals surface area contributed by atoms with Gasteiger partial charge in [0.05, 0.1) is 0 Å². The van der Waals surface area contributed by atoms with E-state index in [1.807, 2.05) is 24.3 Å². The molecule has 0 radical (unpaired) electrons. The number of phenolic OH excluding ortho intramolecular Hbond substituents is 1. The maximum atomic E-state index is 9.94. The zero-order chi connectivity index (χ0) is 25.3. The van der Waals surface area contributed by atoms with Gasteiger partial charge < -0.3 is 20.0 Å². The second kappa shape index (κ2) is 12.8. The highest BCUT2D eigenvalue weighted by atomic mass is 16.3. The van der Waals surface area contributed by atoms with Crippen LogP contribution in [0.25, 0.3) is 5.57 Å². The molecule has 0 bridgehead atoms. The van der Waals surface area contributed by atoms with Crippen LogP contribution < -0.4 is 4.90 Å². The molecule has 1 fully saturated rings. The van der Waals surface area contributed by atoms with Crippen molar-refractivity contribution in [2.45, 2.75) is 39.0 Å². The molecule has 4 rings (SSSR count). The van der Waals surface area contributed by atoms with E-state index in [1.54, 1.807) is 18.2 Å². The smallest absolute Gasteiger partial charge is 0.115 e. The van der Waals surface area contributed by atoms with Gasteiger partial charge in [-0.2, -0.15) is 0 Å². The molecule has 2 N–H and O–H groups in total. The minimum Gasteiger partial charge on any atom is -0.508 e. The van der Waals surface area contributed by atoms with E-state index < -0.39 is 0 Å². The Morgan fingerprint density at radius 1 is 0.972 bits per heavy atom. The Balaban J connectivity index is 1.72. The molecule has 2 aliphatic rings. The number of hydrogen-bond acceptors (Lipinski definition) is 4. The minimum atomic E-state index is 0.151. The van der Waals surface area contributed by atoms with Crippen LogP contribution in [0.4, 0.5) is 5.69 Å². The topological polar surface area (TPSA) is 46.9 Å². The van der Waals surface area contributed by atoms with Gasteiger partial charge in [0, 0.05) is 31.9 Å². The summed E-state index contributed by atoms with van der Waals surface area (Å²) in [5.74, 6) is 0.263. The first kappa shape index (κ1) is 26.0. The molecule has 4 nitrogen and oxygen atoms in total. The monoisotopic (exact) mass is 484 g/mol. The Bertz CT molecular complexity index is 1120. The third-order valence-electron chi connectivity index (χ3n) is 7.36. The third-order valence-corrected chi connectivity index (χ3v) is 7.36. The Morgan fingerprint density at radius 2 is 1.72 bits per heavy atom. The molecule has 4 heteroatoms. The van der Waals surface area contributed by atoms with E-state index in [2.05, 4.69) is 47.6 Å². The van der Waals surface area contributed by atoms with Crippen LogP contribution >= 0.6 is 0 Å². The number of phenols is 1. The summed E-state index contributed by atoms with van der Waals surface area (Å²) >= 11 is 0. The van der Waals surface area contributed by atoms with Crippen molar-refractivity contribution in [3.05, 3.63) is 101 Å². The lowest BCUT2D eigenvalue weighted by Crippen LogP contribution is -2.32. The van der Waals surface area contributed by atoms with Crippen molar-refractivity contribution in [1.29, 1.82) is 0 Å². The lowest BCUT2D eigenvalue weighted by molar-refractivity contribution is 0.289. The zero-order valence-electron chi connectivity index (χ0n) is 21.6. The van der Waals surface area contributed by atoms with Crippen molar-refractivity contribution in [3.63, 3.8) is 0 Å². The van der Waals surface area contributed by atoms with E-state index in [9.17, 15) is 10.2 Å². The largest absolute Gasteiger partial charge is 0.508 e. The van der Waals surface area contributed by atoms with Gasteiger partial charge >= 0.3 is 0 Å². The molecule has 1 saturated heterocycles. The number of likely N-dealkylation sites (tertiary alicyclic amines) is 1. The maximum absolute atomic E-state index is 9.94. The van der Waals surface area contributed by atoms with Gasteiger partial charge in [0.1, 0.15) is 5.75 Å². The van der Waals surface area contributed by atoms with E-state index in [0.29, 0.717) is 6.42 Å². The van der Waals surface area contributed by atoms with Crippen molar-refractivity contribution < 1.29 is 10.2 Å². The molecule has 2 aromatic rings. The van der Waals surface area contributed by atoms with Crippen LogP contribution in [0.1, 0.15) is 49.3 Å². The Labute approximate surface area is 216 Å². The summed E-state index contributed by atoms with van der Waals surface area (Å²) in [6.45, 7) is 11.9. The molecule has 36 heavy (non-hydrogen) atoms. The van der Waals surface area contributed by atoms with Crippen LogP contribution in [-0.4, -0.2) is 54.4 Å². The minimum absolute atomic E-state index is 0.151. The van der Waals surface area contributed by atoms with Crippen LogP contribution in [0, 0.1) is 0 Å².